The van der Waals surface area contributed by atoms with Crippen molar-refractivity contribution in [2.75, 3.05) is 0 Å². The highest BCUT2D eigenvalue weighted by atomic mass is 79.9. The Labute approximate surface area is 195 Å². The topological polar surface area (TPSA) is 96.1 Å². The van der Waals surface area contributed by atoms with Gasteiger partial charge in [-0.25, -0.2) is 10.9 Å². The lowest BCUT2D eigenvalue weighted by Gasteiger charge is -2.02. The highest BCUT2D eigenvalue weighted by Gasteiger charge is 2.15. The summed E-state index contributed by atoms with van der Waals surface area (Å²) in [6, 6.07) is 17.8. The first-order valence-corrected chi connectivity index (χ1v) is 10.7. The van der Waals surface area contributed by atoms with E-state index in [1.54, 1.807) is 13.8 Å². The normalized spacial score (nSPS) is 11.9. The highest BCUT2D eigenvalue weighted by Crippen LogP contribution is 2.13. The van der Waals surface area contributed by atoms with Crippen LogP contribution in [0.15, 0.2) is 84.2 Å². The Morgan fingerprint density at radius 1 is 0.677 bits per heavy atom. The average Bonchev–Trinajstić information content (AvgIpc) is 3.27. The molecule has 0 aliphatic rings. The maximum Gasteiger partial charge on any atom is 0.307 e. The van der Waals surface area contributed by atoms with Gasteiger partial charge in [-0.2, -0.15) is 10.2 Å². The SMILES string of the molecule is CC(=NNC(=O)c1ccc(C(=O)NN=C(C)c2ccc(Br)cc2)o1)c1ccc(Br)cc1. The van der Waals surface area contributed by atoms with Crippen molar-refractivity contribution in [2.24, 2.45) is 10.2 Å². The van der Waals surface area contributed by atoms with Gasteiger partial charge in [0.15, 0.2) is 11.5 Å². The molecule has 0 saturated carbocycles. The van der Waals surface area contributed by atoms with Gasteiger partial charge in [-0.15, -0.1) is 0 Å². The summed E-state index contributed by atoms with van der Waals surface area (Å²) in [7, 11) is 0. The second kappa shape index (κ2) is 10.3. The van der Waals surface area contributed by atoms with Crippen molar-refractivity contribution in [3.63, 3.8) is 0 Å². The number of furan rings is 1. The molecule has 0 spiro atoms. The molecule has 2 amide bonds. The predicted octanol–water partition coefficient (Wildman–Crippen LogP) is 5.11. The molecule has 0 aliphatic carbocycles. The molecule has 0 atom stereocenters. The third-order valence-electron chi connectivity index (χ3n) is 4.23. The fourth-order valence-electron chi connectivity index (χ4n) is 2.47. The summed E-state index contributed by atoms with van der Waals surface area (Å²) >= 11 is 6.74. The molecule has 1 aromatic heterocycles. The average molecular weight is 546 g/mol. The number of rotatable bonds is 6. The summed E-state index contributed by atoms with van der Waals surface area (Å²) in [5, 5.41) is 8.14. The van der Waals surface area contributed by atoms with Gasteiger partial charge in [-0.05, 0) is 61.4 Å². The minimum absolute atomic E-state index is 0.0360. The van der Waals surface area contributed by atoms with Crippen molar-refractivity contribution >= 4 is 55.1 Å². The Morgan fingerprint density at radius 2 is 1.03 bits per heavy atom. The molecule has 2 N–H and O–H groups in total. The molecule has 3 rings (SSSR count). The Bertz CT molecular complexity index is 1060. The fourth-order valence-corrected chi connectivity index (χ4v) is 3.00. The summed E-state index contributed by atoms with van der Waals surface area (Å²) in [5.74, 6) is -1.20. The summed E-state index contributed by atoms with van der Waals surface area (Å²) in [4.78, 5) is 24.5. The number of halogens is 2. The monoisotopic (exact) mass is 544 g/mol. The van der Waals surface area contributed by atoms with E-state index in [0.29, 0.717) is 11.4 Å². The van der Waals surface area contributed by atoms with Crippen LogP contribution in [0.2, 0.25) is 0 Å². The van der Waals surface area contributed by atoms with Gasteiger partial charge < -0.3 is 4.42 Å². The number of hydrazone groups is 2. The van der Waals surface area contributed by atoms with Gasteiger partial charge in [-0.1, -0.05) is 56.1 Å². The predicted molar refractivity (Wildman–Crippen MR) is 126 cm³/mol. The van der Waals surface area contributed by atoms with Crippen LogP contribution in [-0.4, -0.2) is 23.2 Å². The van der Waals surface area contributed by atoms with Crippen LogP contribution in [0, 0.1) is 0 Å². The zero-order valence-corrected chi connectivity index (χ0v) is 19.8. The molecule has 0 saturated heterocycles. The number of hydrogen-bond donors (Lipinski definition) is 2. The Balaban J connectivity index is 1.60. The van der Waals surface area contributed by atoms with Crippen LogP contribution < -0.4 is 10.9 Å². The molecule has 7 nitrogen and oxygen atoms in total. The van der Waals surface area contributed by atoms with Crippen molar-refractivity contribution in [3.8, 4) is 0 Å². The molecule has 158 valence electrons. The molecule has 9 heteroatoms. The fraction of sp³-hybridized carbons (Fsp3) is 0.0909. The number of nitrogens with one attached hydrogen (secondary N) is 2. The quantitative estimate of drug-likeness (QED) is 0.332. The number of amides is 2. The Kier molecular flexibility index (Phi) is 7.54. The smallest absolute Gasteiger partial charge is 0.307 e. The molecule has 31 heavy (non-hydrogen) atoms. The minimum Gasteiger partial charge on any atom is -0.446 e. The molecular weight excluding hydrogens is 528 g/mol. The van der Waals surface area contributed by atoms with Crippen LogP contribution in [0.5, 0.6) is 0 Å². The van der Waals surface area contributed by atoms with Crippen LogP contribution in [0.3, 0.4) is 0 Å². The lowest BCUT2D eigenvalue weighted by atomic mass is 10.1. The van der Waals surface area contributed by atoms with E-state index in [4.69, 9.17) is 4.42 Å². The number of carbonyl (C=O) groups excluding carboxylic acids is 2. The lowest BCUT2D eigenvalue weighted by Crippen LogP contribution is -2.20. The van der Waals surface area contributed by atoms with E-state index < -0.39 is 11.8 Å². The van der Waals surface area contributed by atoms with E-state index in [0.717, 1.165) is 20.1 Å². The number of hydrogen-bond acceptors (Lipinski definition) is 5. The highest BCUT2D eigenvalue weighted by molar-refractivity contribution is 9.10. The molecule has 0 radical (unpaired) electrons. The largest absolute Gasteiger partial charge is 0.446 e. The second-order valence-electron chi connectivity index (χ2n) is 6.45. The maximum atomic E-state index is 12.3. The van der Waals surface area contributed by atoms with E-state index in [-0.39, 0.29) is 11.5 Å². The minimum atomic E-state index is -0.565. The van der Waals surface area contributed by atoms with Gasteiger partial charge in [-0.3, -0.25) is 9.59 Å². The number of benzene rings is 2. The summed E-state index contributed by atoms with van der Waals surface area (Å²) < 4.78 is 7.24. The molecular formula is C22H18Br2N4O3. The molecule has 3 aromatic rings. The van der Waals surface area contributed by atoms with Gasteiger partial charge in [0.1, 0.15) is 0 Å². The first kappa shape index (κ1) is 22.6. The van der Waals surface area contributed by atoms with Crippen LogP contribution in [0.4, 0.5) is 0 Å². The van der Waals surface area contributed by atoms with Crippen LogP contribution >= 0.6 is 31.9 Å². The third-order valence-corrected chi connectivity index (χ3v) is 5.29. The van der Waals surface area contributed by atoms with E-state index in [1.165, 1.54) is 12.1 Å². The standard InChI is InChI=1S/C22H18Br2N4O3/c1-13(15-3-7-17(23)8-4-15)25-27-21(29)19-11-12-20(31-19)22(30)28-26-14(2)16-5-9-18(24)10-6-16/h3-12H,1-2H3,(H,27,29)(H,28,30). The van der Waals surface area contributed by atoms with Crippen molar-refractivity contribution in [1.29, 1.82) is 0 Å². The van der Waals surface area contributed by atoms with Crippen LogP contribution in [-0.2, 0) is 0 Å². The van der Waals surface area contributed by atoms with Gasteiger partial charge in [0.25, 0.3) is 0 Å². The van der Waals surface area contributed by atoms with E-state index in [1.807, 2.05) is 48.5 Å². The first-order valence-electron chi connectivity index (χ1n) is 9.14. The molecule has 0 aliphatic heterocycles. The van der Waals surface area contributed by atoms with Crippen molar-refractivity contribution in [2.45, 2.75) is 13.8 Å². The van der Waals surface area contributed by atoms with E-state index in [9.17, 15) is 9.59 Å². The van der Waals surface area contributed by atoms with Crippen LogP contribution in [0.1, 0.15) is 46.1 Å². The van der Waals surface area contributed by atoms with Crippen molar-refractivity contribution in [1.82, 2.24) is 10.9 Å². The summed E-state index contributed by atoms with van der Waals surface area (Å²) in [6.45, 7) is 3.55. The molecule has 1 heterocycles. The first-order chi connectivity index (χ1) is 14.8. The van der Waals surface area contributed by atoms with Gasteiger partial charge >= 0.3 is 11.8 Å². The zero-order valence-electron chi connectivity index (χ0n) is 16.6. The third kappa shape index (κ3) is 6.22. The van der Waals surface area contributed by atoms with E-state index in [2.05, 4.69) is 52.9 Å². The Morgan fingerprint density at radius 3 is 1.39 bits per heavy atom. The lowest BCUT2D eigenvalue weighted by molar-refractivity contribution is 0.0902. The second-order valence-corrected chi connectivity index (χ2v) is 8.29. The van der Waals surface area contributed by atoms with Crippen LogP contribution in [0.25, 0.3) is 0 Å². The maximum absolute atomic E-state index is 12.3. The van der Waals surface area contributed by atoms with Gasteiger partial charge in [0, 0.05) is 8.95 Å². The van der Waals surface area contributed by atoms with Crippen molar-refractivity contribution in [3.05, 3.63) is 92.3 Å². The van der Waals surface area contributed by atoms with E-state index >= 15 is 0 Å². The number of nitrogens with zero attached hydrogens (tertiary/aromatic N) is 2. The molecule has 0 bridgehead atoms. The zero-order chi connectivity index (χ0) is 22.4. The Hall–Kier alpha value is -3.04. The summed E-state index contributed by atoms with van der Waals surface area (Å²) in [5.41, 5.74) is 7.82. The van der Waals surface area contributed by atoms with Gasteiger partial charge in [0.2, 0.25) is 0 Å². The molecule has 0 unspecified atom stereocenters. The van der Waals surface area contributed by atoms with Crippen molar-refractivity contribution < 1.29 is 14.0 Å². The molecule has 2 aromatic carbocycles. The summed E-state index contributed by atoms with van der Waals surface area (Å²) in [6.07, 6.45) is 0. The van der Waals surface area contributed by atoms with Gasteiger partial charge in [0.05, 0.1) is 11.4 Å². The molecule has 0 fully saturated rings. The number of carbonyl (C=O) groups is 2.